The zero-order valence-electron chi connectivity index (χ0n) is 10.7. The molecule has 0 aliphatic carbocycles. The molecule has 0 amide bonds. The van der Waals surface area contributed by atoms with E-state index in [1.807, 2.05) is 0 Å². The summed E-state index contributed by atoms with van der Waals surface area (Å²) in [5, 5.41) is 0. The third-order valence-corrected chi connectivity index (χ3v) is 3.27. The highest BCUT2D eigenvalue weighted by atomic mass is 15.1. The number of hydrogen-bond acceptors (Lipinski definition) is 1. The quantitative estimate of drug-likeness (QED) is 0.629. The van der Waals surface area contributed by atoms with Gasteiger partial charge in [0.15, 0.2) is 0 Å². The molecule has 0 radical (unpaired) electrons. The predicted octanol–water partition coefficient (Wildman–Crippen LogP) is 3.01. The molecule has 1 heterocycles. The average molecular weight is 207 g/mol. The van der Waals surface area contributed by atoms with Crippen molar-refractivity contribution in [2.45, 2.75) is 40.5 Å². The van der Waals surface area contributed by atoms with E-state index >= 15 is 0 Å². The van der Waals surface area contributed by atoms with E-state index in [4.69, 9.17) is 0 Å². The monoisotopic (exact) mass is 207 g/mol. The summed E-state index contributed by atoms with van der Waals surface area (Å²) in [6.45, 7) is 12.5. The van der Waals surface area contributed by atoms with E-state index in [2.05, 4.69) is 44.4 Å². The summed E-state index contributed by atoms with van der Waals surface area (Å²) < 4.78 is 0. The number of rotatable bonds is 2. The summed E-state index contributed by atoms with van der Waals surface area (Å²) in [7, 11) is 0. The normalized spacial score (nSPS) is 19.3. The van der Waals surface area contributed by atoms with E-state index in [0.29, 0.717) is 5.92 Å². The molecule has 1 fully saturated rings. The van der Waals surface area contributed by atoms with Gasteiger partial charge in [0, 0.05) is 5.92 Å². The Kier molecular flexibility index (Phi) is 5.19. The van der Waals surface area contributed by atoms with Gasteiger partial charge >= 0.3 is 0 Å². The van der Waals surface area contributed by atoms with Gasteiger partial charge in [-0.3, -0.25) is 4.90 Å². The van der Waals surface area contributed by atoms with Crippen LogP contribution in [0.5, 0.6) is 0 Å². The molecule has 0 aromatic carbocycles. The molecule has 1 saturated heterocycles. The standard InChI is InChI=1S/C14H25N/c1-12(2)6-5-9-15-10-7-14(8-11-15)13(3)4/h12-14H,7-11H2,1-4H3. The van der Waals surface area contributed by atoms with Crippen LogP contribution < -0.4 is 0 Å². The lowest BCUT2D eigenvalue weighted by Gasteiger charge is -2.32. The van der Waals surface area contributed by atoms with Crippen LogP contribution in [0, 0.1) is 29.6 Å². The minimum atomic E-state index is 0.512. The van der Waals surface area contributed by atoms with Crippen molar-refractivity contribution in [1.29, 1.82) is 0 Å². The first-order valence-electron chi connectivity index (χ1n) is 6.30. The Balaban J connectivity index is 2.24. The molecule has 0 bridgehead atoms. The van der Waals surface area contributed by atoms with Gasteiger partial charge in [-0.25, -0.2) is 0 Å². The van der Waals surface area contributed by atoms with Gasteiger partial charge in [-0.1, -0.05) is 39.5 Å². The second-order valence-corrected chi connectivity index (χ2v) is 5.33. The van der Waals surface area contributed by atoms with Gasteiger partial charge in [0.25, 0.3) is 0 Å². The van der Waals surface area contributed by atoms with Gasteiger partial charge in [0.1, 0.15) is 0 Å². The molecule has 0 aromatic heterocycles. The molecule has 1 heteroatoms. The minimum absolute atomic E-state index is 0.512. The second-order valence-electron chi connectivity index (χ2n) is 5.33. The van der Waals surface area contributed by atoms with Crippen LogP contribution in [0.2, 0.25) is 0 Å². The molecular formula is C14H25N. The van der Waals surface area contributed by atoms with Gasteiger partial charge in [-0.2, -0.15) is 0 Å². The van der Waals surface area contributed by atoms with Gasteiger partial charge in [0.05, 0.1) is 6.54 Å². The first kappa shape index (κ1) is 12.6. The Bertz CT molecular complexity index is 223. The summed E-state index contributed by atoms with van der Waals surface area (Å²) in [5.41, 5.74) is 0. The van der Waals surface area contributed by atoms with E-state index in [9.17, 15) is 0 Å². The van der Waals surface area contributed by atoms with Crippen LogP contribution in [0.3, 0.4) is 0 Å². The molecule has 0 aromatic rings. The molecule has 0 spiro atoms. The molecule has 1 nitrogen and oxygen atoms in total. The molecule has 0 saturated carbocycles. The first-order valence-corrected chi connectivity index (χ1v) is 6.30. The van der Waals surface area contributed by atoms with Crippen LogP contribution in [0.4, 0.5) is 0 Å². The van der Waals surface area contributed by atoms with Crippen molar-refractivity contribution < 1.29 is 0 Å². The van der Waals surface area contributed by atoms with Crippen molar-refractivity contribution in [2.75, 3.05) is 19.6 Å². The Morgan fingerprint density at radius 3 is 2.20 bits per heavy atom. The van der Waals surface area contributed by atoms with Crippen LogP contribution >= 0.6 is 0 Å². The van der Waals surface area contributed by atoms with Crippen LogP contribution in [-0.2, 0) is 0 Å². The largest absolute Gasteiger partial charge is 0.292 e. The molecule has 0 atom stereocenters. The van der Waals surface area contributed by atoms with Crippen molar-refractivity contribution >= 4 is 0 Å². The smallest absolute Gasteiger partial charge is 0.0601 e. The number of piperidine rings is 1. The van der Waals surface area contributed by atoms with E-state index in [0.717, 1.165) is 18.4 Å². The van der Waals surface area contributed by atoms with Crippen molar-refractivity contribution in [3.63, 3.8) is 0 Å². The third kappa shape index (κ3) is 4.71. The molecule has 1 rings (SSSR count). The average Bonchev–Trinajstić information content (AvgIpc) is 2.18. The minimum Gasteiger partial charge on any atom is -0.292 e. The Morgan fingerprint density at radius 2 is 1.73 bits per heavy atom. The lowest BCUT2D eigenvalue weighted by molar-refractivity contribution is 0.172. The molecule has 86 valence electrons. The highest BCUT2D eigenvalue weighted by Gasteiger charge is 2.20. The van der Waals surface area contributed by atoms with E-state index < -0.39 is 0 Å². The van der Waals surface area contributed by atoms with E-state index in [1.54, 1.807) is 0 Å². The number of likely N-dealkylation sites (tertiary alicyclic amines) is 1. The number of hydrogen-bond donors (Lipinski definition) is 0. The summed E-state index contributed by atoms with van der Waals surface area (Å²) in [4.78, 5) is 2.49. The number of nitrogens with zero attached hydrogens (tertiary/aromatic N) is 1. The maximum Gasteiger partial charge on any atom is 0.0601 e. The first-order chi connectivity index (χ1) is 7.09. The van der Waals surface area contributed by atoms with E-state index in [1.165, 1.54) is 25.9 Å². The molecule has 1 aliphatic heterocycles. The molecule has 15 heavy (non-hydrogen) atoms. The SMILES string of the molecule is CC(C)C#CCN1CCC(C(C)C)CC1. The van der Waals surface area contributed by atoms with Crippen LogP contribution in [0.15, 0.2) is 0 Å². The fourth-order valence-electron chi connectivity index (χ4n) is 2.14. The Hall–Kier alpha value is -0.480. The van der Waals surface area contributed by atoms with Crippen LogP contribution in [-0.4, -0.2) is 24.5 Å². The highest BCUT2D eigenvalue weighted by Crippen LogP contribution is 2.23. The highest BCUT2D eigenvalue weighted by molar-refractivity contribution is 5.03. The van der Waals surface area contributed by atoms with Crippen LogP contribution in [0.1, 0.15) is 40.5 Å². The van der Waals surface area contributed by atoms with E-state index in [-0.39, 0.29) is 0 Å². The topological polar surface area (TPSA) is 3.24 Å². The zero-order chi connectivity index (χ0) is 11.3. The fraction of sp³-hybridized carbons (Fsp3) is 0.857. The molecule has 1 aliphatic rings. The Labute approximate surface area is 95.2 Å². The van der Waals surface area contributed by atoms with Crippen molar-refractivity contribution in [2.24, 2.45) is 17.8 Å². The maximum absolute atomic E-state index is 3.27. The molecule has 0 N–H and O–H groups in total. The van der Waals surface area contributed by atoms with Gasteiger partial charge in [-0.15, -0.1) is 0 Å². The van der Waals surface area contributed by atoms with Crippen molar-refractivity contribution in [1.82, 2.24) is 4.90 Å². The lowest BCUT2D eigenvalue weighted by Crippen LogP contribution is -2.35. The summed E-state index contributed by atoms with van der Waals surface area (Å²) in [6, 6.07) is 0. The second kappa shape index (κ2) is 6.18. The summed E-state index contributed by atoms with van der Waals surface area (Å²) in [5.74, 6) is 8.82. The lowest BCUT2D eigenvalue weighted by atomic mass is 9.87. The van der Waals surface area contributed by atoms with Gasteiger partial charge < -0.3 is 0 Å². The maximum atomic E-state index is 3.27. The predicted molar refractivity (Wildman–Crippen MR) is 66.6 cm³/mol. The molecule has 0 unspecified atom stereocenters. The van der Waals surface area contributed by atoms with Crippen molar-refractivity contribution in [3.8, 4) is 11.8 Å². The van der Waals surface area contributed by atoms with Crippen LogP contribution in [0.25, 0.3) is 0 Å². The van der Waals surface area contributed by atoms with Gasteiger partial charge in [0.2, 0.25) is 0 Å². The summed E-state index contributed by atoms with van der Waals surface area (Å²) in [6.07, 6.45) is 2.72. The third-order valence-electron chi connectivity index (χ3n) is 3.27. The molecular weight excluding hydrogens is 182 g/mol. The Morgan fingerprint density at radius 1 is 1.13 bits per heavy atom. The van der Waals surface area contributed by atoms with Crippen molar-refractivity contribution in [3.05, 3.63) is 0 Å². The fourth-order valence-corrected chi connectivity index (χ4v) is 2.14. The van der Waals surface area contributed by atoms with Gasteiger partial charge in [-0.05, 0) is 37.8 Å². The summed E-state index contributed by atoms with van der Waals surface area (Å²) >= 11 is 0. The zero-order valence-corrected chi connectivity index (χ0v) is 10.7.